The molecule has 1 amide bonds. The number of hydrogen-bond acceptors (Lipinski definition) is 5. The van der Waals surface area contributed by atoms with Gasteiger partial charge in [-0.25, -0.2) is 4.98 Å². The molecule has 0 atom stereocenters. The Morgan fingerprint density at radius 1 is 1.12 bits per heavy atom. The quantitative estimate of drug-likeness (QED) is 0.784. The molecule has 4 rings (SSSR count). The Kier molecular flexibility index (Phi) is 4.84. The average Bonchev–Trinajstić information content (AvgIpc) is 2.72. The van der Waals surface area contributed by atoms with Crippen molar-refractivity contribution in [3.8, 4) is 11.1 Å². The molecule has 6 heteroatoms. The number of carbonyl (C=O) groups excluding carboxylic acids is 1. The van der Waals surface area contributed by atoms with Crippen LogP contribution >= 0.6 is 0 Å². The number of pyridine rings is 3. The Labute approximate surface area is 151 Å². The fraction of sp³-hybridized carbons (Fsp3) is 0.300. The molecule has 0 aromatic carbocycles. The van der Waals surface area contributed by atoms with Crippen LogP contribution < -0.4 is 5.32 Å². The number of aromatic nitrogens is 3. The van der Waals surface area contributed by atoms with Gasteiger partial charge in [0.2, 0.25) is 0 Å². The van der Waals surface area contributed by atoms with Gasteiger partial charge >= 0.3 is 0 Å². The lowest BCUT2D eigenvalue weighted by Gasteiger charge is -2.22. The largest absolute Gasteiger partial charge is 0.381 e. The second-order valence-electron chi connectivity index (χ2n) is 6.45. The number of rotatable bonds is 4. The van der Waals surface area contributed by atoms with Gasteiger partial charge in [-0.05, 0) is 54.2 Å². The number of carbonyl (C=O) groups is 1. The Balaban J connectivity index is 1.63. The predicted molar refractivity (Wildman–Crippen MR) is 98.6 cm³/mol. The van der Waals surface area contributed by atoms with Gasteiger partial charge in [-0.1, -0.05) is 0 Å². The van der Waals surface area contributed by atoms with Crippen LogP contribution in [-0.2, 0) is 4.74 Å². The molecule has 0 saturated carbocycles. The van der Waals surface area contributed by atoms with E-state index in [1.54, 1.807) is 24.8 Å². The fourth-order valence-electron chi connectivity index (χ4n) is 3.23. The summed E-state index contributed by atoms with van der Waals surface area (Å²) in [5, 5.41) is 3.94. The van der Waals surface area contributed by atoms with Crippen LogP contribution in [0.4, 0.5) is 0 Å². The van der Waals surface area contributed by atoms with Gasteiger partial charge < -0.3 is 10.1 Å². The van der Waals surface area contributed by atoms with Crippen LogP contribution in [0.15, 0.2) is 49.1 Å². The van der Waals surface area contributed by atoms with Crippen LogP contribution in [0.1, 0.15) is 23.3 Å². The lowest BCUT2D eigenvalue weighted by atomic mass is 10.00. The van der Waals surface area contributed by atoms with Gasteiger partial charge in [0, 0.05) is 49.9 Å². The highest BCUT2D eigenvalue weighted by Crippen LogP contribution is 2.27. The summed E-state index contributed by atoms with van der Waals surface area (Å²) in [5.74, 6) is 0.322. The highest BCUT2D eigenvalue weighted by atomic mass is 16.5. The molecule has 132 valence electrons. The molecule has 3 aromatic rings. The van der Waals surface area contributed by atoms with Crippen molar-refractivity contribution < 1.29 is 9.53 Å². The van der Waals surface area contributed by atoms with E-state index in [1.807, 2.05) is 24.3 Å². The lowest BCUT2D eigenvalue weighted by Crippen LogP contribution is -2.32. The summed E-state index contributed by atoms with van der Waals surface area (Å²) in [6.45, 7) is 2.20. The predicted octanol–water partition coefficient (Wildman–Crippen LogP) is 2.85. The zero-order valence-corrected chi connectivity index (χ0v) is 14.4. The molecule has 26 heavy (non-hydrogen) atoms. The molecule has 1 aliphatic heterocycles. The molecule has 0 unspecified atom stereocenters. The molecular weight excluding hydrogens is 328 g/mol. The maximum Gasteiger partial charge on any atom is 0.269 e. The lowest BCUT2D eigenvalue weighted by molar-refractivity contribution is 0.0642. The topological polar surface area (TPSA) is 77.0 Å². The summed E-state index contributed by atoms with van der Waals surface area (Å²) in [7, 11) is 0. The molecule has 1 N–H and O–H groups in total. The van der Waals surface area contributed by atoms with Gasteiger partial charge in [0.25, 0.3) is 5.91 Å². The average molecular weight is 348 g/mol. The monoisotopic (exact) mass is 348 g/mol. The number of fused-ring (bicyclic) bond motifs is 1. The molecule has 4 heterocycles. The SMILES string of the molecule is O=C(NCC1CCOCC1)c1cc(-c2ccncc2)c2cnccc2n1. The first-order valence-electron chi connectivity index (χ1n) is 8.82. The molecule has 0 aliphatic carbocycles. The number of ether oxygens (including phenoxy) is 1. The number of nitrogens with zero attached hydrogens (tertiary/aromatic N) is 3. The minimum Gasteiger partial charge on any atom is -0.381 e. The summed E-state index contributed by atoms with van der Waals surface area (Å²) in [4.78, 5) is 25.5. The fourth-order valence-corrected chi connectivity index (χ4v) is 3.23. The second-order valence-corrected chi connectivity index (χ2v) is 6.45. The van der Waals surface area contributed by atoms with Crippen LogP contribution in [0.5, 0.6) is 0 Å². The van der Waals surface area contributed by atoms with E-state index in [2.05, 4.69) is 20.3 Å². The molecule has 6 nitrogen and oxygen atoms in total. The van der Waals surface area contributed by atoms with Gasteiger partial charge in [-0.3, -0.25) is 14.8 Å². The van der Waals surface area contributed by atoms with E-state index in [9.17, 15) is 4.79 Å². The number of amides is 1. The van der Waals surface area contributed by atoms with Crippen molar-refractivity contribution in [3.05, 3.63) is 54.7 Å². The second kappa shape index (κ2) is 7.58. The summed E-state index contributed by atoms with van der Waals surface area (Å²) in [5.41, 5.74) is 3.09. The first-order valence-corrected chi connectivity index (χ1v) is 8.82. The third-order valence-electron chi connectivity index (χ3n) is 4.73. The van der Waals surface area contributed by atoms with Crippen LogP contribution in [0, 0.1) is 5.92 Å². The van der Waals surface area contributed by atoms with Crippen molar-refractivity contribution in [1.82, 2.24) is 20.3 Å². The molecule has 1 aliphatic rings. The van der Waals surface area contributed by atoms with Gasteiger partial charge in [-0.2, -0.15) is 0 Å². The molecule has 0 bridgehead atoms. The molecular formula is C20H20N4O2. The zero-order valence-electron chi connectivity index (χ0n) is 14.4. The van der Waals surface area contributed by atoms with Crippen LogP contribution in [0.3, 0.4) is 0 Å². The van der Waals surface area contributed by atoms with Gasteiger partial charge in [-0.15, -0.1) is 0 Å². The van der Waals surface area contributed by atoms with Crippen LogP contribution in [-0.4, -0.2) is 40.6 Å². The third kappa shape index (κ3) is 3.55. The summed E-state index contributed by atoms with van der Waals surface area (Å²) < 4.78 is 5.37. The van der Waals surface area contributed by atoms with Gasteiger partial charge in [0.05, 0.1) is 5.52 Å². The highest BCUT2D eigenvalue weighted by Gasteiger charge is 2.17. The Hall–Kier alpha value is -2.86. The van der Waals surface area contributed by atoms with Crippen molar-refractivity contribution in [2.45, 2.75) is 12.8 Å². The van der Waals surface area contributed by atoms with Crippen molar-refractivity contribution in [3.63, 3.8) is 0 Å². The number of hydrogen-bond donors (Lipinski definition) is 1. The smallest absolute Gasteiger partial charge is 0.269 e. The van der Waals surface area contributed by atoms with E-state index in [0.717, 1.165) is 48.1 Å². The first kappa shape index (κ1) is 16.6. The van der Waals surface area contributed by atoms with Crippen molar-refractivity contribution in [1.29, 1.82) is 0 Å². The van der Waals surface area contributed by atoms with E-state index in [0.29, 0.717) is 18.2 Å². The van der Waals surface area contributed by atoms with E-state index >= 15 is 0 Å². The molecule has 3 aromatic heterocycles. The van der Waals surface area contributed by atoms with Crippen molar-refractivity contribution in [2.24, 2.45) is 5.92 Å². The van der Waals surface area contributed by atoms with E-state index in [1.165, 1.54) is 0 Å². The van der Waals surface area contributed by atoms with E-state index in [-0.39, 0.29) is 5.91 Å². The Morgan fingerprint density at radius 2 is 1.88 bits per heavy atom. The Bertz CT molecular complexity index is 908. The van der Waals surface area contributed by atoms with Gasteiger partial charge in [0.15, 0.2) is 0 Å². The minimum absolute atomic E-state index is 0.148. The summed E-state index contributed by atoms with van der Waals surface area (Å²) in [6.07, 6.45) is 8.92. The van der Waals surface area contributed by atoms with Gasteiger partial charge in [0.1, 0.15) is 5.69 Å². The van der Waals surface area contributed by atoms with Crippen molar-refractivity contribution >= 4 is 16.8 Å². The Morgan fingerprint density at radius 3 is 2.69 bits per heavy atom. The number of nitrogens with one attached hydrogen (secondary N) is 1. The minimum atomic E-state index is -0.148. The van der Waals surface area contributed by atoms with E-state index < -0.39 is 0 Å². The first-order chi connectivity index (χ1) is 12.8. The normalized spacial score (nSPS) is 15.1. The third-order valence-corrected chi connectivity index (χ3v) is 4.73. The standard InChI is InChI=1S/C20H20N4O2/c25-20(23-12-14-4-9-26-10-5-14)19-11-16(15-1-6-21-7-2-15)17-13-22-8-3-18(17)24-19/h1-3,6-8,11,13-14H,4-5,9-10,12H2,(H,23,25). The molecule has 1 fully saturated rings. The summed E-state index contributed by atoms with van der Waals surface area (Å²) >= 11 is 0. The maximum absolute atomic E-state index is 12.7. The molecule has 0 spiro atoms. The summed E-state index contributed by atoms with van der Waals surface area (Å²) in [6, 6.07) is 7.50. The molecule has 1 saturated heterocycles. The van der Waals surface area contributed by atoms with E-state index in [4.69, 9.17) is 4.74 Å². The zero-order chi connectivity index (χ0) is 17.8. The highest BCUT2D eigenvalue weighted by molar-refractivity contribution is 6.00. The molecule has 0 radical (unpaired) electrons. The van der Waals surface area contributed by atoms with Crippen LogP contribution in [0.25, 0.3) is 22.0 Å². The maximum atomic E-state index is 12.7. The van der Waals surface area contributed by atoms with Crippen LogP contribution in [0.2, 0.25) is 0 Å². The van der Waals surface area contributed by atoms with Crippen molar-refractivity contribution in [2.75, 3.05) is 19.8 Å².